The van der Waals surface area contributed by atoms with Crippen molar-refractivity contribution in [1.82, 2.24) is 15.2 Å². The van der Waals surface area contributed by atoms with Gasteiger partial charge >= 0.3 is 0 Å². The van der Waals surface area contributed by atoms with E-state index in [0.717, 1.165) is 12.0 Å². The quantitative estimate of drug-likeness (QED) is 0.620. The molecule has 2 unspecified atom stereocenters. The summed E-state index contributed by atoms with van der Waals surface area (Å²) in [6.45, 7) is 7.04. The van der Waals surface area contributed by atoms with E-state index in [1.165, 1.54) is 0 Å². The van der Waals surface area contributed by atoms with Gasteiger partial charge in [0.05, 0.1) is 43.2 Å². The second kappa shape index (κ2) is 9.91. The molecule has 0 bridgehead atoms. The van der Waals surface area contributed by atoms with Crippen LogP contribution in [0.4, 0.5) is 0 Å². The van der Waals surface area contributed by atoms with Gasteiger partial charge in [0, 0.05) is 6.54 Å². The van der Waals surface area contributed by atoms with Crippen LogP contribution in [0.1, 0.15) is 65.3 Å². The van der Waals surface area contributed by atoms with E-state index in [9.17, 15) is 14.7 Å². The number of benzene rings is 1. The van der Waals surface area contributed by atoms with Gasteiger partial charge in [0.25, 0.3) is 11.8 Å². The summed E-state index contributed by atoms with van der Waals surface area (Å²) >= 11 is 0. The Labute approximate surface area is 177 Å². The number of aliphatic hydroxyl groups is 1. The highest BCUT2D eigenvalue weighted by molar-refractivity contribution is 6.01. The number of rotatable bonds is 8. The van der Waals surface area contributed by atoms with Gasteiger partial charge in [-0.1, -0.05) is 51.1 Å². The molecule has 2 amide bonds. The average molecular weight is 414 g/mol. The first-order valence-electron chi connectivity index (χ1n) is 10.5. The van der Waals surface area contributed by atoms with Gasteiger partial charge in [-0.05, 0) is 24.0 Å². The molecule has 0 fully saturated rings. The van der Waals surface area contributed by atoms with E-state index in [4.69, 9.17) is 4.74 Å². The van der Waals surface area contributed by atoms with Crippen molar-refractivity contribution >= 4 is 11.8 Å². The molecule has 1 aliphatic rings. The highest BCUT2D eigenvalue weighted by atomic mass is 16.5. The molecule has 1 aromatic heterocycles. The fourth-order valence-corrected chi connectivity index (χ4v) is 3.72. The smallest absolute Gasteiger partial charge is 0.268 e. The van der Waals surface area contributed by atoms with Gasteiger partial charge in [-0.3, -0.25) is 9.59 Å². The third-order valence-electron chi connectivity index (χ3n) is 5.62. The third-order valence-corrected chi connectivity index (χ3v) is 5.62. The molecule has 0 radical (unpaired) electrons. The molecule has 2 aromatic rings. The van der Waals surface area contributed by atoms with Crippen LogP contribution < -0.4 is 10.6 Å². The Balaban J connectivity index is 1.86. The first-order chi connectivity index (χ1) is 14.5. The van der Waals surface area contributed by atoms with E-state index in [1.54, 1.807) is 6.07 Å². The largest absolute Gasteiger partial charge is 0.394 e. The number of hydrogen-bond donors (Lipinski definition) is 3. The molecule has 162 valence electrons. The average Bonchev–Trinajstić information content (AvgIpc) is 3.16. The minimum atomic E-state index is -0.344. The van der Waals surface area contributed by atoms with Crippen LogP contribution in [0.25, 0.3) is 0 Å². The molecule has 3 rings (SSSR count). The van der Waals surface area contributed by atoms with Crippen LogP contribution in [-0.4, -0.2) is 40.7 Å². The van der Waals surface area contributed by atoms with Crippen molar-refractivity contribution in [3.8, 4) is 0 Å². The van der Waals surface area contributed by atoms with E-state index in [0.29, 0.717) is 30.1 Å². The summed E-state index contributed by atoms with van der Waals surface area (Å²) < 4.78 is 7.42. The number of carbonyl (C=O) groups excluding carboxylic acids is 2. The maximum atomic E-state index is 13.1. The maximum Gasteiger partial charge on any atom is 0.268 e. The van der Waals surface area contributed by atoms with Crippen molar-refractivity contribution in [1.29, 1.82) is 0 Å². The Hall–Kier alpha value is -2.64. The predicted molar refractivity (Wildman–Crippen MR) is 114 cm³/mol. The number of aliphatic hydroxyl groups excluding tert-OH is 1. The molecule has 7 nitrogen and oxygen atoms in total. The SMILES string of the molecule is CCC(NC(=O)c1cc(C(=O)NC(CO)C(C)C)n2c1COCC2)c1ccccc1. The molecule has 7 heteroatoms. The van der Waals surface area contributed by atoms with Gasteiger partial charge in [0.2, 0.25) is 0 Å². The van der Waals surface area contributed by atoms with E-state index >= 15 is 0 Å². The van der Waals surface area contributed by atoms with Crippen molar-refractivity contribution in [2.45, 2.75) is 52.4 Å². The molecule has 0 aliphatic carbocycles. The summed E-state index contributed by atoms with van der Waals surface area (Å²) in [5.74, 6) is -0.418. The summed E-state index contributed by atoms with van der Waals surface area (Å²) in [4.78, 5) is 26.0. The van der Waals surface area contributed by atoms with E-state index in [1.807, 2.05) is 55.7 Å². The van der Waals surface area contributed by atoms with Gasteiger partial charge in [0.15, 0.2) is 0 Å². The topological polar surface area (TPSA) is 92.6 Å². The van der Waals surface area contributed by atoms with Gasteiger partial charge in [-0.15, -0.1) is 0 Å². The van der Waals surface area contributed by atoms with Gasteiger partial charge in [-0.2, -0.15) is 0 Å². The first kappa shape index (κ1) is 22.1. The zero-order chi connectivity index (χ0) is 21.7. The number of nitrogens with zero attached hydrogens (tertiary/aromatic N) is 1. The molecule has 1 aromatic carbocycles. The summed E-state index contributed by atoms with van der Waals surface area (Å²) in [6, 6.07) is 11.0. The van der Waals surface area contributed by atoms with Crippen LogP contribution in [0.15, 0.2) is 36.4 Å². The second-order valence-corrected chi connectivity index (χ2v) is 7.95. The number of fused-ring (bicyclic) bond motifs is 1. The Bertz CT molecular complexity index is 876. The summed E-state index contributed by atoms with van der Waals surface area (Å²) in [7, 11) is 0. The van der Waals surface area contributed by atoms with Crippen molar-refractivity contribution < 1.29 is 19.4 Å². The lowest BCUT2D eigenvalue weighted by Gasteiger charge is -2.22. The highest BCUT2D eigenvalue weighted by Gasteiger charge is 2.28. The van der Waals surface area contributed by atoms with Crippen molar-refractivity contribution in [3.63, 3.8) is 0 Å². The number of carbonyl (C=O) groups is 2. The van der Waals surface area contributed by atoms with Crippen molar-refractivity contribution in [2.75, 3.05) is 13.2 Å². The van der Waals surface area contributed by atoms with Crippen LogP contribution in [0, 0.1) is 5.92 Å². The predicted octanol–water partition coefficient (Wildman–Crippen LogP) is 2.65. The maximum absolute atomic E-state index is 13.1. The number of hydrogen-bond acceptors (Lipinski definition) is 4. The molecule has 30 heavy (non-hydrogen) atoms. The molecular weight excluding hydrogens is 382 g/mol. The second-order valence-electron chi connectivity index (χ2n) is 7.95. The monoisotopic (exact) mass is 413 g/mol. The van der Waals surface area contributed by atoms with E-state index < -0.39 is 0 Å². The Morgan fingerprint density at radius 3 is 2.53 bits per heavy atom. The highest BCUT2D eigenvalue weighted by Crippen LogP contribution is 2.23. The molecule has 3 N–H and O–H groups in total. The summed E-state index contributed by atoms with van der Waals surface area (Å²) in [5.41, 5.74) is 2.62. The minimum Gasteiger partial charge on any atom is -0.394 e. The number of ether oxygens (including phenoxy) is 1. The lowest BCUT2D eigenvalue weighted by molar-refractivity contribution is 0.0764. The molecule has 0 saturated carbocycles. The number of aromatic nitrogens is 1. The van der Waals surface area contributed by atoms with Crippen LogP contribution in [0.2, 0.25) is 0 Å². The van der Waals surface area contributed by atoms with Crippen molar-refractivity contribution in [2.24, 2.45) is 5.92 Å². The van der Waals surface area contributed by atoms with Crippen LogP contribution in [0.3, 0.4) is 0 Å². The van der Waals surface area contributed by atoms with Gasteiger partial charge in [0.1, 0.15) is 5.69 Å². The molecule has 0 saturated heterocycles. The zero-order valence-electron chi connectivity index (χ0n) is 17.9. The summed E-state index contributed by atoms with van der Waals surface area (Å²) in [5, 5.41) is 15.5. The van der Waals surface area contributed by atoms with Crippen LogP contribution in [-0.2, 0) is 17.9 Å². The minimum absolute atomic E-state index is 0.0945. The lowest BCUT2D eigenvalue weighted by Crippen LogP contribution is -2.42. The molecule has 2 atom stereocenters. The standard InChI is InChI=1S/C23H31N3O4/c1-4-18(16-8-6-5-7-9-16)24-22(28)17-12-20(26-10-11-30-14-21(17)26)23(29)25-19(13-27)15(2)3/h5-9,12,15,18-19,27H,4,10-11,13-14H2,1-3H3,(H,24,28)(H,25,29). The molecule has 1 aliphatic heterocycles. The van der Waals surface area contributed by atoms with Gasteiger partial charge in [-0.25, -0.2) is 0 Å². The molecule has 2 heterocycles. The van der Waals surface area contributed by atoms with Gasteiger partial charge < -0.3 is 25.0 Å². The fourth-order valence-electron chi connectivity index (χ4n) is 3.72. The Kier molecular flexibility index (Phi) is 7.29. The first-order valence-corrected chi connectivity index (χ1v) is 10.5. The van der Waals surface area contributed by atoms with Crippen LogP contribution in [0.5, 0.6) is 0 Å². The Morgan fingerprint density at radius 2 is 1.90 bits per heavy atom. The normalized spacial score (nSPS) is 15.4. The molecular formula is C23H31N3O4. The molecule has 0 spiro atoms. The Morgan fingerprint density at radius 1 is 1.17 bits per heavy atom. The number of amides is 2. The van der Waals surface area contributed by atoms with E-state index in [2.05, 4.69) is 10.6 Å². The lowest BCUT2D eigenvalue weighted by atomic mass is 10.0. The van der Waals surface area contributed by atoms with Crippen molar-refractivity contribution in [3.05, 3.63) is 58.9 Å². The zero-order valence-corrected chi connectivity index (χ0v) is 17.9. The number of nitrogens with one attached hydrogen (secondary N) is 2. The van der Waals surface area contributed by atoms with E-state index in [-0.39, 0.29) is 43.0 Å². The fraction of sp³-hybridized carbons (Fsp3) is 0.478. The summed E-state index contributed by atoms with van der Waals surface area (Å²) in [6.07, 6.45) is 0.752. The third kappa shape index (κ3) is 4.74. The van der Waals surface area contributed by atoms with Crippen LogP contribution >= 0.6 is 0 Å².